The summed E-state index contributed by atoms with van der Waals surface area (Å²) in [4.78, 5) is 0. The molecule has 0 amide bonds. The van der Waals surface area contributed by atoms with Gasteiger partial charge in [-0.1, -0.05) is 34.6 Å². The molecule has 0 aromatic heterocycles. The van der Waals surface area contributed by atoms with Gasteiger partial charge in [0, 0.05) is 6.04 Å². The highest BCUT2D eigenvalue weighted by molar-refractivity contribution is 4.86. The van der Waals surface area contributed by atoms with E-state index in [1.54, 1.807) is 0 Å². The molecule has 0 radical (unpaired) electrons. The average molecular weight is 197 g/mol. The van der Waals surface area contributed by atoms with Gasteiger partial charge in [0.15, 0.2) is 0 Å². The van der Waals surface area contributed by atoms with Crippen molar-refractivity contribution in [2.45, 2.75) is 59.9 Å². The first kappa shape index (κ1) is 12.0. The van der Waals surface area contributed by atoms with Gasteiger partial charge in [-0.15, -0.1) is 0 Å². The van der Waals surface area contributed by atoms with E-state index >= 15 is 0 Å². The molecule has 84 valence electrons. The van der Waals surface area contributed by atoms with Gasteiger partial charge in [-0.3, -0.25) is 0 Å². The molecule has 0 bridgehead atoms. The fraction of sp³-hybridized carbons (Fsp3) is 1.00. The summed E-state index contributed by atoms with van der Waals surface area (Å²) in [6.07, 6.45) is 4.10. The summed E-state index contributed by atoms with van der Waals surface area (Å²) in [5.74, 6) is 1.87. The minimum atomic E-state index is 0.480. The van der Waals surface area contributed by atoms with Gasteiger partial charge in [0.1, 0.15) is 0 Å². The third-order valence-electron chi connectivity index (χ3n) is 3.43. The second-order valence-electron chi connectivity index (χ2n) is 6.44. The first-order valence-electron chi connectivity index (χ1n) is 6.12. The van der Waals surface area contributed by atoms with Crippen molar-refractivity contribution in [3.05, 3.63) is 0 Å². The molecule has 0 heterocycles. The normalized spacial score (nSPS) is 27.9. The van der Waals surface area contributed by atoms with E-state index < -0.39 is 0 Å². The summed E-state index contributed by atoms with van der Waals surface area (Å²) in [6.45, 7) is 12.8. The molecule has 0 spiro atoms. The lowest BCUT2D eigenvalue weighted by Crippen LogP contribution is -2.43. The van der Waals surface area contributed by atoms with Crippen LogP contribution >= 0.6 is 0 Å². The fourth-order valence-corrected chi connectivity index (χ4v) is 2.02. The smallest absolute Gasteiger partial charge is 0.00725 e. The largest absolute Gasteiger partial charge is 0.314 e. The van der Waals surface area contributed by atoms with Crippen molar-refractivity contribution in [3.8, 4) is 0 Å². The molecule has 1 aliphatic carbocycles. The van der Waals surface area contributed by atoms with Gasteiger partial charge in [0.2, 0.25) is 0 Å². The van der Waals surface area contributed by atoms with E-state index in [1.807, 2.05) is 0 Å². The zero-order valence-electron chi connectivity index (χ0n) is 10.6. The van der Waals surface area contributed by atoms with E-state index in [4.69, 9.17) is 0 Å². The Morgan fingerprint density at radius 2 is 1.79 bits per heavy atom. The van der Waals surface area contributed by atoms with Crippen LogP contribution in [0, 0.1) is 17.3 Å². The topological polar surface area (TPSA) is 12.0 Å². The maximum atomic E-state index is 3.66. The summed E-state index contributed by atoms with van der Waals surface area (Å²) in [6, 6.07) is 0.824. The van der Waals surface area contributed by atoms with Gasteiger partial charge in [-0.25, -0.2) is 0 Å². The molecule has 1 saturated carbocycles. The Morgan fingerprint density at radius 3 is 2.21 bits per heavy atom. The van der Waals surface area contributed by atoms with Crippen molar-refractivity contribution in [1.29, 1.82) is 0 Å². The molecule has 0 aliphatic heterocycles. The molecule has 0 saturated heterocycles. The van der Waals surface area contributed by atoms with Gasteiger partial charge >= 0.3 is 0 Å². The van der Waals surface area contributed by atoms with E-state index in [-0.39, 0.29) is 0 Å². The lowest BCUT2D eigenvalue weighted by atomic mass is 9.73. The first-order valence-corrected chi connectivity index (χ1v) is 6.12. The van der Waals surface area contributed by atoms with Crippen molar-refractivity contribution in [2.75, 3.05) is 6.54 Å². The molecule has 1 heteroatoms. The molecule has 1 aliphatic rings. The zero-order chi connectivity index (χ0) is 10.8. The predicted molar refractivity (Wildman–Crippen MR) is 63.4 cm³/mol. The third kappa shape index (κ3) is 4.00. The van der Waals surface area contributed by atoms with Gasteiger partial charge in [-0.05, 0) is 43.1 Å². The van der Waals surface area contributed by atoms with Gasteiger partial charge < -0.3 is 5.32 Å². The van der Waals surface area contributed by atoms with Crippen molar-refractivity contribution in [3.63, 3.8) is 0 Å². The van der Waals surface area contributed by atoms with Gasteiger partial charge in [0.05, 0.1) is 0 Å². The second-order valence-corrected chi connectivity index (χ2v) is 6.44. The summed E-state index contributed by atoms with van der Waals surface area (Å²) in [5, 5.41) is 3.66. The molecule has 0 aromatic carbocycles. The van der Waals surface area contributed by atoms with Crippen LogP contribution in [0.15, 0.2) is 0 Å². The van der Waals surface area contributed by atoms with Gasteiger partial charge in [-0.2, -0.15) is 0 Å². The lowest BCUT2D eigenvalue weighted by Gasteiger charge is -2.39. The molecular weight excluding hydrogens is 170 g/mol. The van der Waals surface area contributed by atoms with E-state index in [1.165, 1.54) is 25.8 Å². The van der Waals surface area contributed by atoms with Crippen LogP contribution in [0.3, 0.4) is 0 Å². The zero-order valence-corrected chi connectivity index (χ0v) is 10.6. The highest BCUT2D eigenvalue weighted by Gasteiger charge is 2.30. The molecule has 1 nitrogen and oxygen atoms in total. The van der Waals surface area contributed by atoms with Crippen molar-refractivity contribution >= 4 is 0 Å². The standard InChI is InChI=1S/C13H27N/c1-10(2)11-8-12(9-11)14-7-6-13(3,4)5/h10-12,14H,6-9H2,1-5H3. The van der Waals surface area contributed by atoms with Crippen molar-refractivity contribution in [2.24, 2.45) is 17.3 Å². The number of hydrogen-bond acceptors (Lipinski definition) is 1. The van der Waals surface area contributed by atoms with E-state index in [0.29, 0.717) is 5.41 Å². The predicted octanol–water partition coefficient (Wildman–Crippen LogP) is 3.45. The molecule has 1 N–H and O–H groups in total. The lowest BCUT2D eigenvalue weighted by molar-refractivity contribution is 0.164. The SMILES string of the molecule is CC(C)C1CC(NCCC(C)(C)C)C1. The molecule has 1 rings (SSSR count). The summed E-state index contributed by atoms with van der Waals surface area (Å²) < 4.78 is 0. The highest BCUT2D eigenvalue weighted by atomic mass is 14.9. The third-order valence-corrected chi connectivity index (χ3v) is 3.43. The van der Waals surface area contributed by atoms with Crippen molar-refractivity contribution in [1.82, 2.24) is 5.32 Å². The maximum Gasteiger partial charge on any atom is 0.00725 e. The van der Waals surface area contributed by atoms with Crippen molar-refractivity contribution < 1.29 is 0 Å². The monoisotopic (exact) mass is 197 g/mol. The quantitative estimate of drug-likeness (QED) is 0.728. The molecule has 0 atom stereocenters. The molecule has 14 heavy (non-hydrogen) atoms. The molecular formula is C13H27N. The van der Waals surface area contributed by atoms with Crippen LogP contribution in [0.5, 0.6) is 0 Å². The van der Waals surface area contributed by atoms with E-state index in [0.717, 1.165) is 17.9 Å². The van der Waals surface area contributed by atoms with E-state index in [9.17, 15) is 0 Å². The highest BCUT2D eigenvalue weighted by Crippen LogP contribution is 2.33. The Morgan fingerprint density at radius 1 is 1.21 bits per heavy atom. The van der Waals surface area contributed by atoms with Crippen LogP contribution < -0.4 is 5.32 Å². The number of rotatable bonds is 4. The number of nitrogens with one attached hydrogen (secondary N) is 1. The van der Waals surface area contributed by atoms with Gasteiger partial charge in [0.25, 0.3) is 0 Å². The Labute approximate surface area is 89.7 Å². The van der Waals surface area contributed by atoms with Crippen LogP contribution in [-0.4, -0.2) is 12.6 Å². The Kier molecular flexibility index (Phi) is 4.00. The van der Waals surface area contributed by atoms with Crippen LogP contribution in [0.2, 0.25) is 0 Å². The Hall–Kier alpha value is -0.0400. The molecule has 0 aromatic rings. The minimum Gasteiger partial charge on any atom is -0.314 e. The molecule has 1 fully saturated rings. The Bertz CT molecular complexity index is 161. The summed E-state index contributed by atoms with van der Waals surface area (Å²) in [7, 11) is 0. The Balaban J connectivity index is 2.01. The average Bonchev–Trinajstić information content (AvgIpc) is 1.90. The van der Waals surface area contributed by atoms with Crippen LogP contribution in [-0.2, 0) is 0 Å². The van der Waals surface area contributed by atoms with E-state index in [2.05, 4.69) is 39.9 Å². The summed E-state index contributed by atoms with van der Waals surface area (Å²) in [5.41, 5.74) is 0.480. The summed E-state index contributed by atoms with van der Waals surface area (Å²) >= 11 is 0. The first-order chi connectivity index (χ1) is 6.38. The van der Waals surface area contributed by atoms with Crippen LogP contribution in [0.4, 0.5) is 0 Å². The fourth-order valence-electron chi connectivity index (χ4n) is 2.02. The molecule has 0 unspecified atom stereocenters. The van der Waals surface area contributed by atoms with Crippen LogP contribution in [0.1, 0.15) is 53.9 Å². The number of hydrogen-bond donors (Lipinski definition) is 1. The maximum absolute atomic E-state index is 3.66. The second kappa shape index (κ2) is 4.65. The van der Waals surface area contributed by atoms with Crippen LogP contribution in [0.25, 0.3) is 0 Å². The minimum absolute atomic E-state index is 0.480.